The highest BCUT2D eigenvalue weighted by molar-refractivity contribution is 7.89. The molecule has 0 bridgehead atoms. The predicted octanol–water partition coefficient (Wildman–Crippen LogP) is 5.81. The number of ketones is 1. The van der Waals surface area contributed by atoms with Gasteiger partial charge in [-0.05, 0) is 42.3 Å². The lowest BCUT2D eigenvalue weighted by molar-refractivity contribution is -0.120. The van der Waals surface area contributed by atoms with Gasteiger partial charge in [-0.1, -0.05) is 57.5 Å². The summed E-state index contributed by atoms with van der Waals surface area (Å²) in [5, 5.41) is 5.37. The Hall–Kier alpha value is -2.51. The molecule has 3 aromatic rings. The molecule has 5 nitrogen and oxygen atoms in total. The van der Waals surface area contributed by atoms with E-state index in [1.807, 2.05) is 28.9 Å². The number of benzene rings is 2. The third kappa shape index (κ3) is 6.54. The molecular formula is C26H30ClFN2O3S. The predicted molar refractivity (Wildman–Crippen MR) is 134 cm³/mol. The number of hydrogen-bond donors (Lipinski definition) is 0. The first kappa shape index (κ1) is 26.1. The van der Waals surface area contributed by atoms with Crippen LogP contribution >= 0.6 is 11.6 Å². The highest BCUT2D eigenvalue weighted by Crippen LogP contribution is 2.27. The van der Waals surface area contributed by atoms with Crippen molar-refractivity contribution in [3.05, 3.63) is 81.9 Å². The summed E-state index contributed by atoms with van der Waals surface area (Å²) in [6.45, 7) is 7.98. The van der Waals surface area contributed by atoms with E-state index in [9.17, 15) is 17.6 Å². The first-order chi connectivity index (χ1) is 15.7. The Labute approximate surface area is 205 Å². The third-order valence-electron chi connectivity index (χ3n) is 5.71. The molecule has 1 unspecified atom stereocenters. The van der Waals surface area contributed by atoms with Gasteiger partial charge in [0.2, 0.25) is 0 Å². The van der Waals surface area contributed by atoms with E-state index < -0.39 is 21.6 Å². The van der Waals surface area contributed by atoms with Crippen LogP contribution in [0.4, 0.5) is 4.39 Å². The highest BCUT2D eigenvalue weighted by atomic mass is 35.5. The summed E-state index contributed by atoms with van der Waals surface area (Å²) in [5.74, 6) is -1.54. The van der Waals surface area contributed by atoms with Crippen molar-refractivity contribution < 1.29 is 17.6 Å². The average Bonchev–Trinajstić information content (AvgIpc) is 3.17. The first-order valence-electron chi connectivity index (χ1n) is 11.1. The maximum atomic E-state index is 14.4. The molecule has 1 aromatic heterocycles. The fraction of sp³-hybridized carbons (Fsp3) is 0.385. The minimum atomic E-state index is -3.35. The molecule has 34 heavy (non-hydrogen) atoms. The van der Waals surface area contributed by atoms with Crippen LogP contribution in [0.3, 0.4) is 0 Å². The van der Waals surface area contributed by atoms with E-state index in [2.05, 4.69) is 20.8 Å². The van der Waals surface area contributed by atoms with Crippen molar-refractivity contribution in [1.82, 2.24) is 9.78 Å². The summed E-state index contributed by atoms with van der Waals surface area (Å²) in [7, 11) is -3.35. The van der Waals surface area contributed by atoms with Crippen LogP contribution in [0.1, 0.15) is 62.5 Å². The van der Waals surface area contributed by atoms with Crippen molar-refractivity contribution in [2.24, 2.45) is 0 Å². The van der Waals surface area contributed by atoms with Gasteiger partial charge < -0.3 is 0 Å². The molecule has 0 saturated heterocycles. The molecule has 0 aliphatic carbocycles. The molecule has 3 rings (SSSR count). The van der Waals surface area contributed by atoms with Crippen molar-refractivity contribution in [1.29, 1.82) is 0 Å². The van der Waals surface area contributed by atoms with Crippen LogP contribution in [-0.2, 0) is 32.2 Å². The van der Waals surface area contributed by atoms with Gasteiger partial charge in [0.1, 0.15) is 11.6 Å². The molecule has 0 aliphatic rings. The van der Waals surface area contributed by atoms with E-state index in [1.54, 1.807) is 19.1 Å². The maximum Gasteiger partial charge on any atom is 0.151 e. The Balaban J connectivity index is 1.80. The van der Waals surface area contributed by atoms with Crippen LogP contribution in [0.25, 0.3) is 5.69 Å². The second-order valence-electron chi connectivity index (χ2n) is 9.77. The van der Waals surface area contributed by atoms with Crippen LogP contribution in [0.2, 0.25) is 5.02 Å². The van der Waals surface area contributed by atoms with E-state index in [0.717, 1.165) is 23.3 Å². The van der Waals surface area contributed by atoms with E-state index in [4.69, 9.17) is 16.7 Å². The number of Topliss-reactive ketones (excluding diaryl/α,β-unsaturated/α-hetero) is 1. The summed E-state index contributed by atoms with van der Waals surface area (Å²) in [4.78, 5) is 13.0. The van der Waals surface area contributed by atoms with Crippen LogP contribution < -0.4 is 0 Å². The zero-order chi connectivity index (χ0) is 25.3. The number of carbonyl (C=O) groups excluding carboxylic acids is 1. The lowest BCUT2D eigenvalue weighted by Gasteiger charge is -2.14. The zero-order valence-electron chi connectivity index (χ0n) is 20.1. The summed E-state index contributed by atoms with van der Waals surface area (Å²) in [6.07, 6.45) is 1.78. The smallest absolute Gasteiger partial charge is 0.151 e. The van der Waals surface area contributed by atoms with E-state index in [1.165, 1.54) is 12.1 Å². The number of carbonyl (C=O) groups is 1. The molecule has 1 atom stereocenters. The lowest BCUT2D eigenvalue weighted by atomic mass is 9.91. The molecule has 0 saturated carbocycles. The Morgan fingerprint density at radius 3 is 2.44 bits per heavy atom. The van der Waals surface area contributed by atoms with Gasteiger partial charge >= 0.3 is 0 Å². The number of rotatable bonds is 8. The molecule has 0 radical (unpaired) electrons. The molecule has 1 heterocycles. The van der Waals surface area contributed by atoms with Crippen molar-refractivity contribution in [2.45, 2.75) is 57.6 Å². The number of aromatic nitrogens is 2. The lowest BCUT2D eigenvalue weighted by Crippen LogP contribution is -2.13. The number of sulfone groups is 1. The molecule has 0 amide bonds. The van der Waals surface area contributed by atoms with Crippen molar-refractivity contribution in [3.8, 4) is 5.69 Å². The standard InChI is InChI=1S/C26H30ClFN2O3S/c1-17(18-9-10-19(23(28)13-18)16-34(5,32)33)24(31)12-11-22-15-25(26(2,3)4)29-30(22)21-8-6-7-20(27)14-21/h6-10,13-15,17H,11-12,16H2,1-5H3. The normalized spacial score (nSPS) is 13.1. The molecule has 0 spiro atoms. The summed E-state index contributed by atoms with van der Waals surface area (Å²) < 4.78 is 39.2. The van der Waals surface area contributed by atoms with E-state index >= 15 is 0 Å². The van der Waals surface area contributed by atoms with Gasteiger partial charge in [0.15, 0.2) is 9.84 Å². The number of halogens is 2. The quantitative estimate of drug-likeness (QED) is 0.388. The Morgan fingerprint density at radius 2 is 1.85 bits per heavy atom. The SMILES string of the molecule is CC(C(=O)CCc1cc(C(C)(C)C)nn1-c1cccc(Cl)c1)c1ccc(CS(C)(=O)=O)c(F)c1. The van der Waals surface area contributed by atoms with Gasteiger partial charge in [-0.3, -0.25) is 4.79 Å². The van der Waals surface area contributed by atoms with Gasteiger partial charge in [-0.2, -0.15) is 5.10 Å². The van der Waals surface area contributed by atoms with Gasteiger partial charge in [-0.15, -0.1) is 0 Å². The van der Waals surface area contributed by atoms with E-state index in [0.29, 0.717) is 17.0 Å². The average molecular weight is 505 g/mol. The second kappa shape index (κ2) is 10.0. The molecule has 8 heteroatoms. The summed E-state index contributed by atoms with van der Waals surface area (Å²) in [6, 6.07) is 13.7. The fourth-order valence-electron chi connectivity index (χ4n) is 3.68. The minimum absolute atomic E-state index is 0.0357. The summed E-state index contributed by atoms with van der Waals surface area (Å²) in [5.41, 5.74) is 3.08. The molecular weight excluding hydrogens is 475 g/mol. The molecule has 182 valence electrons. The third-order valence-corrected chi connectivity index (χ3v) is 6.78. The number of aryl methyl sites for hydroxylation is 1. The van der Waals surface area contributed by atoms with Crippen molar-refractivity contribution >= 4 is 27.2 Å². The zero-order valence-corrected chi connectivity index (χ0v) is 21.7. The maximum absolute atomic E-state index is 14.4. The van der Waals surface area contributed by atoms with Gasteiger partial charge in [-0.25, -0.2) is 17.5 Å². The largest absolute Gasteiger partial charge is 0.299 e. The Bertz CT molecular complexity index is 1310. The topological polar surface area (TPSA) is 69.0 Å². The molecule has 2 aromatic carbocycles. The fourth-order valence-corrected chi connectivity index (χ4v) is 4.67. The number of hydrogen-bond acceptors (Lipinski definition) is 4. The highest BCUT2D eigenvalue weighted by Gasteiger charge is 2.23. The monoisotopic (exact) mass is 504 g/mol. The van der Waals surface area contributed by atoms with Crippen LogP contribution in [-0.4, -0.2) is 30.2 Å². The van der Waals surface area contributed by atoms with E-state index in [-0.39, 0.29) is 28.9 Å². The second-order valence-corrected chi connectivity index (χ2v) is 12.3. The molecule has 0 fully saturated rings. The van der Waals surface area contributed by atoms with Gasteiger partial charge in [0.25, 0.3) is 0 Å². The van der Waals surface area contributed by atoms with Crippen LogP contribution in [0.15, 0.2) is 48.5 Å². The molecule has 0 aliphatic heterocycles. The van der Waals surface area contributed by atoms with Crippen LogP contribution in [0.5, 0.6) is 0 Å². The van der Waals surface area contributed by atoms with Gasteiger partial charge in [0, 0.05) is 40.3 Å². The molecule has 0 N–H and O–H groups in total. The number of nitrogens with zero attached hydrogens (tertiary/aromatic N) is 2. The first-order valence-corrected chi connectivity index (χ1v) is 13.5. The minimum Gasteiger partial charge on any atom is -0.299 e. The summed E-state index contributed by atoms with van der Waals surface area (Å²) >= 11 is 6.18. The van der Waals surface area contributed by atoms with Crippen molar-refractivity contribution in [3.63, 3.8) is 0 Å². The van der Waals surface area contributed by atoms with Crippen molar-refractivity contribution in [2.75, 3.05) is 6.26 Å². The Morgan fingerprint density at radius 1 is 1.15 bits per heavy atom. The Kier molecular flexibility index (Phi) is 7.68. The van der Waals surface area contributed by atoms with Gasteiger partial charge in [0.05, 0.1) is 17.1 Å². The van der Waals surface area contributed by atoms with Crippen LogP contribution in [0, 0.1) is 5.82 Å².